The molecule has 154 valence electrons. The van der Waals surface area contributed by atoms with Crippen molar-refractivity contribution >= 4 is 22.6 Å². The van der Waals surface area contributed by atoms with Gasteiger partial charge in [-0.3, -0.25) is 19.4 Å². The molecule has 2 N–H and O–H groups in total. The van der Waals surface area contributed by atoms with Crippen LogP contribution in [0.4, 0.5) is 0 Å². The molecule has 3 rings (SSSR count). The van der Waals surface area contributed by atoms with Crippen molar-refractivity contribution in [2.24, 2.45) is 0 Å². The Hall–Kier alpha value is -3.00. The molecular weight excluding hydrogens is 370 g/mol. The minimum Gasteiger partial charge on any atom is -0.385 e. The van der Waals surface area contributed by atoms with Gasteiger partial charge in [0.1, 0.15) is 16.8 Å². The van der Waals surface area contributed by atoms with Crippen LogP contribution in [0.5, 0.6) is 0 Å². The van der Waals surface area contributed by atoms with E-state index in [4.69, 9.17) is 10.1 Å². The Morgan fingerprint density at radius 1 is 1.31 bits per heavy atom. The Morgan fingerprint density at radius 2 is 2.03 bits per heavy atom. The minimum absolute atomic E-state index is 0.0280. The van der Waals surface area contributed by atoms with E-state index in [0.717, 1.165) is 5.56 Å². The number of nitrogens with zero attached hydrogens (tertiary/aromatic N) is 3. The van der Waals surface area contributed by atoms with Crippen LogP contribution in [0.25, 0.3) is 16.7 Å². The van der Waals surface area contributed by atoms with Gasteiger partial charge in [0.25, 0.3) is 11.5 Å². The lowest BCUT2D eigenvalue weighted by molar-refractivity contribution is 0.0917. The highest BCUT2D eigenvalue weighted by Crippen LogP contribution is 2.13. The third kappa shape index (κ3) is 4.07. The van der Waals surface area contributed by atoms with E-state index in [1.54, 1.807) is 23.9 Å². The summed E-state index contributed by atoms with van der Waals surface area (Å²) >= 11 is 0. The molecule has 0 saturated carbocycles. The second kappa shape index (κ2) is 7.79. The lowest BCUT2D eigenvalue weighted by Crippen LogP contribution is -2.43. The van der Waals surface area contributed by atoms with Crippen LogP contribution in [0.3, 0.4) is 0 Å². The molecule has 1 amide bonds. The number of hydrogen-bond donors (Lipinski definition) is 2. The van der Waals surface area contributed by atoms with Crippen LogP contribution in [-0.2, 0) is 11.3 Å². The van der Waals surface area contributed by atoms with Crippen molar-refractivity contribution < 1.29 is 9.53 Å². The topological polar surface area (TPSA) is 101 Å². The zero-order chi connectivity index (χ0) is 21.3. The van der Waals surface area contributed by atoms with Crippen LogP contribution in [0.15, 0.2) is 29.2 Å². The Bertz CT molecular complexity index is 1200. The van der Waals surface area contributed by atoms with Gasteiger partial charge in [-0.1, -0.05) is 6.07 Å². The van der Waals surface area contributed by atoms with E-state index < -0.39 is 11.4 Å². The first-order valence-corrected chi connectivity index (χ1v) is 9.55. The molecule has 0 unspecified atom stereocenters. The fourth-order valence-corrected chi connectivity index (χ4v) is 3.26. The largest absolute Gasteiger partial charge is 0.385 e. The van der Waals surface area contributed by atoms with Crippen molar-refractivity contribution in [1.29, 1.82) is 5.41 Å². The van der Waals surface area contributed by atoms with Gasteiger partial charge in [-0.15, -0.1) is 0 Å². The van der Waals surface area contributed by atoms with Crippen LogP contribution in [0.2, 0.25) is 0 Å². The number of rotatable bonds is 5. The van der Waals surface area contributed by atoms with Gasteiger partial charge in [0.15, 0.2) is 0 Å². The monoisotopic (exact) mass is 397 g/mol. The smallest absolute Gasteiger partial charge is 0.267 e. The summed E-state index contributed by atoms with van der Waals surface area (Å²) in [6, 6.07) is 5.15. The quantitative estimate of drug-likeness (QED) is 0.508. The lowest BCUT2D eigenvalue weighted by atomic mass is 10.1. The maximum Gasteiger partial charge on any atom is 0.267 e. The molecule has 0 radical (unpaired) electrons. The summed E-state index contributed by atoms with van der Waals surface area (Å²) in [5, 5.41) is 11.8. The molecule has 29 heavy (non-hydrogen) atoms. The van der Waals surface area contributed by atoms with Crippen molar-refractivity contribution in [2.45, 2.75) is 46.2 Å². The lowest BCUT2D eigenvalue weighted by Gasteiger charge is -2.21. The fraction of sp³-hybridized carbons (Fsp3) is 0.429. The summed E-state index contributed by atoms with van der Waals surface area (Å²) in [6.07, 6.45) is 2.29. The van der Waals surface area contributed by atoms with E-state index in [9.17, 15) is 9.59 Å². The number of nitrogens with one attached hydrogen (secondary N) is 2. The van der Waals surface area contributed by atoms with Gasteiger partial charge in [-0.25, -0.2) is 4.98 Å². The molecule has 0 saturated heterocycles. The van der Waals surface area contributed by atoms with Crippen molar-refractivity contribution in [3.63, 3.8) is 0 Å². The van der Waals surface area contributed by atoms with E-state index in [1.165, 1.54) is 10.5 Å². The summed E-state index contributed by atoms with van der Waals surface area (Å²) in [6.45, 7) is 8.40. The summed E-state index contributed by atoms with van der Waals surface area (Å²) in [7, 11) is 1.61. The number of amides is 1. The predicted octanol–water partition coefficient (Wildman–Crippen LogP) is 2.00. The van der Waals surface area contributed by atoms with E-state index in [0.29, 0.717) is 36.3 Å². The highest BCUT2D eigenvalue weighted by molar-refractivity contribution is 5.97. The molecule has 0 aliphatic carbocycles. The molecule has 0 aromatic carbocycles. The van der Waals surface area contributed by atoms with Gasteiger partial charge >= 0.3 is 0 Å². The maximum absolute atomic E-state index is 13.2. The molecule has 3 aromatic heterocycles. The number of hydrogen-bond acceptors (Lipinski definition) is 5. The van der Waals surface area contributed by atoms with Crippen molar-refractivity contribution in [3.05, 3.63) is 51.4 Å². The molecule has 0 bridgehead atoms. The predicted molar refractivity (Wildman–Crippen MR) is 111 cm³/mol. The number of aryl methyl sites for hydroxylation is 2. The molecule has 3 aromatic rings. The van der Waals surface area contributed by atoms with E-state index in [1.807, 2.05) is 33.8 Å². The molecule has 0 spiro atoms. The number of aromatic nitrogens is 3. The number of methoxy groups -OCH3 is 1. The molecule has 0 atom stereocenters. The SMILES string of the molecule is COCCCn1c(=N)c(C(=O)NC(C)(C)C)cc2c(=O)n3cccc(C)c3nc21. The number of carbonyl (C=O) groups excluding carboxylic acids is 1. The number of fused-ring (bicyclic) bond motifs is 2. The average Bonchev–Trinajstić information content (AvgIpc) is 2.63. The summed E-state index contributed by atoms with van der Waals surface area (Å²) in [5.41, 5.74) is 1.24. The highest BCUT2D eigenvalue weighted by atomic mass is 16.5. The first-order valence-electron chi connectivity index (χ1n) is 9.55. The van der Waals surface area contributed by atoms with Gasteiger partial charge in [0.2, 0.25) is 0 Å². The number of carbonyl (C=O) groups is 1. The van der Waals surface area contributed by atoms with Crippen molar-refractivity contribution in [1.82, 2.24) is 19.3 Å². The molecule has 0 fully saturated rings. The molecule has 3 heterocycles. The van der Waals surface area contributed by atoms with Gasteiger partial charge in [-0.2, -0.15) is 0 Å². The first-order chi connectivity index (χ1) is 13.6. The summed E-state index contributed by atoms with van der Waals surface area (Å²) in [4.78, 5) is 30.7. The Balaban J connectivity index is 2.34. The minimum atomic E-state index is -0.465. The standard InChI is InChI=1S/C21H27N5O3/c1-13-8-6-9-26-17(13)23-18-15(20(26)28)12-14(19(27)24-21(2,3)4)16(22)25(18)10-7-11-29-5/h6,8-9,12,22H,7,10-11H2,1-5H3,(H,24,27). The van der Waals surface area contributed by atoms with Gasteiger partial charge in [-0.05, 0) is 51.8 Å². The summed E-state index contributed by atoms with van der Waals surface area (Å²) < 4.78 is 8.24. The van der Waals surface area contributed by atoms with Crippen LogP contribution in [-0.4, -0.2) is 39.1 Å². The normalized spacial score (nSPS) is 11.9. The molecule has 8 heteroatoms. The maximum atomic E-state index is 13.2. The van der Waals surface area contributed by atoms with Crippen LogP contribution >= 0.6 is 0 Å². The second-order valence-corrected chi connectivity index (χ2v) is 8.15. The molecule has 0 aliphatic rings. The third-order valence-corrected chi connectivity index (χ3v) is 4.60. The first kappa shape index (κ1) is 20.7. The zero-order valence-corrected chi connectivity index (χ0v) is 17.5. The number of ether oxygens (including phenoxy) is 1. The highest BCUT2D eigenvalue weighted by Gasteiger charge is 2.21. The van der Waals surface area contributed by atoms with Crippen molar-refractivity contribution in [2.75, 3.05) is 13.7 Å². The molecular formula is C21H27N5O3. The number of pyridine rings is 2. The molecule has 8 nitrogen and oxygen atoms in total. The van der Waals surface area contributed by atoms with E-state index in [2.05, 4.69) is 10.3 Å². The van der Waals surface area contributed by atoms with Crippen LogP contribution in [0.1, 0.15) is 43.1 Å². The van der Waals surface area contributed by atoms with Gasteiger partial charge in [0, 0.05) is 32.0 Å². The van der Waals surface area contributed by atoms with Crippen molar-refractivity contribution in [3.8, 4) is 0 Å². The van der Waals surface area contributed by atoms with Crippen LogP contribution < -0.4 is 16.4 Å². The molecule has 0 aliphatic heterocycles. The summed E-state index contributed by atoms with van der Waals surface area (Å²) in [5.74, 6) is -0.390. The van der Waals surface area contributed by atoms with Gasteiger partial charge in [0.05, 0.1) is 10.9 Å². The zero-order valence-electron chi connectivity index (χ0n) is 17.5. The third-order valence-electron chi connectivity index (χ3n) is 4.60. The Labute approximate surface area is 168 Å². The van der Waals surface area contributed by atoms with Crippen LogP contribution in [0, 0.1) is 12.3 Å². The van der Waals surface area contributed by atoms with E-state index in [-0.39, 0.29) is 16.6 Å². The fourth-order valence-electron chi connectivity index (χ4n) is 3.26. The Kier molecular flexibility index (Phi) is 5.57. The average molecular weight is 397 g/mol. The Morgan fingerprint density at radius 3 is 2.69 bits per heavy atom. The van der Waals surface area contributed by atoms with Gasteiger partial charge < -0.3 is 14.6 Å². The second-order valence-electron chi connectivity index (χ2n) is 8.15. The van der Waals surface area contributed by atoms with E-state index >= 15 is 0 Å².